The Morgan fingerprint density at radius 2 is 1.84 bits per heavy atom. The zero-order valence-corrected chi connectivity index (χ0v) is 11.3. The van der Waals surface area contributed by atoms with Gasteiger partial charge < -0.3 is 4.42 Å². The topological polar surface area (TPSA) is 13.1 Å². The molecule has 0 saturated heterocycles. The maximum atomic E-state index is 13.1. The van der Waals surface area contributed by atoms with E-state index in [0.29, 0.717) is 21.1 Å². The molecule has 0 bridgehead atoms. The summed E-state index contributed by atoms with van der Waals surface area (Å²) in [5.74, 6) is 0.154. The molecule has 1 nitrogen and oxygen atoms in total. The van der Waals surface area contributed by atoms with E-state index in [2.05, 4.69) is 0 Å². The van der Waals surface area contributed by atoms with Crippen molar-refractivity contribution in [1.29, 1.82) is 0 Å². The number of fused-ring (bicyclic) bond motifs is 1. The molecule has 1 heterocycles. The van der Waals surface area contributed by atoms with E-state index in [4.69, 9.17) is 28.2 Å². The molecule has 0 aliphatic rings. The summed E-state index contributed by atoms with van der Waals surface area (Å²) in [5, 5.41) is 2.14. The molecule has 0 aliphatic heterocycles. The van der Waals surface area contributed by atoms with Gasteiger partial charge in [-0.2, -0.15) is 0 Å². The van der Waals surface area contributed by atoms with Crippen LogP contribution in [0.2, 0.25) is 5.02 Å². The summed E-state index contributed by atoms with van der Waals surface area (Å²) in [6.45, 7) is 0. The van der Waals surface area contributed by atoms with Crippen molar-refractivity contribution < 1.29 is 8.81 Å². The average molecular weight is 291 g/mol. The number of benzene rings is 2. The van der Waals surface area contributed by atoms with Gasteiger partial charge in [-0.25, -0.2) is 4.39 Å². The normalized spacial score (nSPS) is 10.8. The molecule has 0 atom stereocenters. The van der Waals surface area contributed by atoms with Gasteiger partial charge in [-0.1, -0.05) is 29.8 Å². The van der Waals surface area contributed by atoms with Crippen LogP contribution < -0.4 is 0 Å². The van der Waals surface area contributed by atoms with Crippen LogP contribution in [0.15, 0.2) is 52.9 Å². The molecule has 2 aromatic carbocycles. The van der Waals surface area contributed by atoms with Crippen molar-refractivity contribution in [2.24, 2.45) is 0 Å². The Morgan fingerprint density at radius 1 is 1.05 bits per heavy atom. The average Bonchev–Trinajstić information content (AvgIpc) is 2.38. The highest BCUT2D eigenvalue weighted by molar-refractivity contribution is 7.71. The van der Waals surface area contributed by atoms with Crippen LogP contribution in [0.3, 0.4) is 0 Å². The molecular weight excluding hydrogens is 283 g/mol. The highest BCUT2D eigenvalue weighted by Gasteiger charge is 2.09. The zero-order chi connectivity index (χ0) is 13.4. The molecule has 0 saturated carbocycles. The lowest BCUT2D eigenvalue weighted by atomic mass is 10.1. The summed E-state index contributed by atoms with van der Waals surface area (Å²) in [6, 6.07) is 13.7. The smallest absolute Gasteiger partial charge is 0.198 e. The highest BCUT2D eigenvalue weighted by Crippen LogP contribution is 2.31. The van der Waals surface area contributed by atoms with E-state index in [-0.39, 0.29) is 5.82 Å². The lowest BCUT2D eigenvalue weighted by Gasteiger charge is -2.05. The Kier molecular flexibility index (Phi) is 3.09. The predicted molar refractivity (Wildman–Crippen MR) is 77.5 cm³/mol. The second-order valence-corrected chi connectivity index (χ2v) is 4.89. The van der Waals surface area contributed by atoms with Crippen molar-refractivity contribution in [3.05, 3.63) is 64.1 Å². The van der Waals surface area contributed by atoms with E-state index < -0.39 is 0 Å². The van der Waals surface area contributed by atoms with Crippen molar-refractivity contribution in [2.75, 3.05) is 0 Å². The fraction of sp³-hybridized carbons (Fsp3) is 0. The first-order valence-electron chi connectivity index (χ1n) is 5.63. The van der Waals surface area contributed by atoms with E-state index in [1.54, 1.807) is 6.07 Å². The van der Waals surface area contributed by atoms with E-state index >= 15 is 0 Å². The molecule has 3 rings (SSSR count). The fourth-order valence-corrected chi connectivity index (χ4v) is 2.49. The molecule has 0 N–H and O–H groups in total. The second-order valence-electron chi connectivity index (χ2n) is 4.11. The Hall–Kier alpha value is -1.71. The summed E-state index contributed by atoms with van der Waals surface area (Å²) >= 11 is 11.3. The molecule has 4 heteroatoms. The minimum absolute atomic E-state index is 0.299. The van der Waals surface area contributed by atoms with Gasteiger partial charge in [0, 0.05) is 10.9 Å². The molecule has 0 amide bonds. The Balaban J connectivity index is 2.28. The van der Waals surface area contributed by atoms with Crippen LogP contribution in [0.1, 0.15) is 0 Å². The maximum absolute atomic E-state index is 13.1. The number of hydrogen-bond acceptors (Lipinski definition) is 2. The Morgan fingerprint density at radius 3 is 2.63 bits per heavy atom. The third-order valence-electron chi connectivity index (χ3n) is 2.87. The van der Waals surface area contributed by atoms with E-state index in [1.165, 1.54) is 12.1 Å². The van der Waals surface area contributed by atoms with Gasteiger partial charge in [0.05, 0.1) is 5.02 Å². The standard InChI is InChI=1S/C15H8ClFOS/c16-13-8-10(17)5-6-12(13)14-7-9-3-1-2-4-11(9)15(19)18-14/h1-8H. The molecule has 0 spiro atoms. The van der Waals surface area contributed by atoms with Crippen LogP contribution in [0.4, 0.5) is 4.39 Å². The van der Waals surface area contributed by atoms with Crippen LogP contribution in [-0.4, -0.2) is 0 Å². The van der Waals surface area contributed by atoms with Crippen LogP contribution in [0.25, 0.3) is 22.1 Å². The van der Waals surface area contributed by atoms with Crippen molar-refractivity contribution >= 4 is 34.6 Å². The first kappa shape index (κ1) is 12.3. The summed E-state index contributed by atoms with van der Waals surface area (Å²) in [5.41, 5.74) is 0.625. The maximum Gasteiger partial charge on any atom is 0.198 e. The van der Waals surface area contributed by atoms with Gasteiger partial charge in [-0.05, 0) is 47.9 Å². The lowest BCUT2D eigenvalue weighted by molar-refractivity contribution is 0.557. The van der Waals surface area contributed by atoms with Gasteiger partial charge in [-0.3, -0.25) is 0 Å². The summed E-state index contributed by atoms with van der Waals surface area (Å²) in [4.78, 5) is 0. The predicted octanol–water partition coefficient (Wildman–Crippen LogP) is 5.62. The van der Waals surface area contributed by atoms with E-state index in [0.717, 1.165) is 10.8 Å². The lowest BCUT2D eigenvalue weighted by Crippen LogP contribution is -1.83. The number of rotatable bonds is 1. The summed E-state index contributed by atoms with van der Waals surface area (Å²) < 4.78 is 19.1. The molecular formula is C15H8ClFOS. The van der Waals surface area contributed by atoms with Crippen molar-refractivity contribution in [3.8, 4) is 11.3 Å². The molecule has 94 valence electrons. The second kappa shape index (κ2) is 4.76. The van der Waals surface area contributed by atoms with E-state index in [9.17, 15) is 4.39 Å². The minimum Gasteiger partial charge on any atom is -0.445 e. The third kappa shape index (κ3) is 2.27. The van der Waals surface area contributed by atoms with Gasteiger partial charge in [0.25, 0.3) is 0 Å². The molecule has 1 aromatic heterocycles. The molecule has 0 fully saturated rings. The Labute approximate surface area is 119 Å². The van der Waals surface area contributed by atoms with Crippen molar-refractivity contribution in [1.82, 2.24) is 0 Å². The van der Waals surface area contributed by atoms with Crippen LogP contribution in [0.5, 0.6) is 0 Å². The third-order valence-corrected chi connectivity index (χ3v) is 3.48. The van der Waals surface area contributed by atoms with Crippen molar-refractivity contribution in [3.63, 3.8) is 0 Å². The summed E-state index contributed by atoms with van der Waals surface area (Å²) in [7, 11) is 0. The van der Waals surface area contributed by atoms with E-state index in [1.807, 2.05) is 30.3 Å². The fourth-order valence-electron chi connectivity index (χ4n) is 1.96. The molecule has 0 aliphatic carbocycles. The number of halogens is 2. The van der Waals surface area contributed by atoms with Gasteiger partial charge in [0.15, 0.2) is 4.71 Å². The highest BCUT2D eigenvalue weighted by atomic mass is 35.5. The quantitative estimate of drug-likeness (QED) is 0.539. The largest absolute Gasteiger partial charge is 0.445 e. The van der Waals surface area contributed by atoms with Gasteiger partial charge in [0.2, 0.25) is 0 Å². The minimum atomic E-state index is -0.381. The monoisotopic (exact) mass is 290 g/mol. The molecule has 0 radical (unpaired) electrons. The van der Waals surface area contributed by atoms with Crippen LogP contribution in [0, 0.1) is 10.5 Å². The summed E-state index contributed by atoms with van der Waals surface area (Å²) in [6.07, 6.45) is 0. The molecule has 19 heavy (non-hydrogen) atoms. The first-order valence-corrected chi connectivity index (χ1v) is 6.42. The van der Waals surface area contributed by atoms with Gasteiger partial charge >= 0.3 is 0 Å². The zero-order valence-electron chi connectivity index (χ0n) is 9.69. The van der Waals surface area contributed by atoms with Crippen LogP contribution >= 0.6 is 23.8 Å². The SMILES string of the molecule is Fc1ccc(-c2cc3ccccc3c(=S)o2)c(Cl)c1. The van der Waals surface area contributed by atoms with Crippen molar-refractivity contribution in [2.45, 2.75) is 0 Å². The Bertz CT molecular complexity index is 826. The van der Waals surface area contributed by atoms with Gasteiger partial charge in [-0.15, -0.1) is 0 Å². The number of hydrogen-bond donors (Lipinski definition) is 0. The molecule has 3 aromatic rings. The first-order chi connectivity index (χ1) is 9.15. The van der Waals surface area contributed by atoms with Gasteiger partial charge in [0.1, 0.15) is 11.6 Å². The molecule has 0 unspecified atom stereocenters. The van der Waals surface area contributed by atoms with Crippen LogP contribution in [-0.2, 0) is 0 Å².